The summed E-state index contributed by atoms with van der Waals surface area (Å²) in [6, 6.07) is 14.4. The van der Waals surface area contributed by atoms with Crippen LogP contribution < -0.4 is 25.6 Å². The number of nitrogens with zero attached hydrogens (tertiary/aromatic N) is 6. The molecule has 9 rings (SSSR count). The molecule has 1 N–H and O–H groups in total. The van der Waals surface area contributed by atoms with Gasteiger partial charge in [0.15, 0.2) is 22.4 Å². The minimum absolute atomic E-state index is 0.000397. The minimum atomic E-state index is -3.05. The van der Waals surface area contributed by atoms with Gasteiger partial charge in [0.05, 0.1) is 77.5 Å². The van der Waals surface area contributed by atoms with Gasteiger partial charge in [-0.05, 0) is 49.7 Å². The van der Waals surface area contributed by atoms with E-state index in [1.807, 2.05) is 50.3 Å². The van der Waals surface area contributed by atoms with E-state index in [0.29, 0.717) is 55.2 Å². The minimum Gasteiger partial charge on any atom is -0.491 e. The van der Waals surface area contributed by atoms with Crippen LogP contribution in [-0.2, 0) is 27.7 Å². The van der Waals surface area contributed by atoms with E-state index in [4.69, 9.17) is 19.7 Å². The number of ether oxygens (including phenoxy) is 2. The Labute approximate surface area is 382 Å². The fraction of sp³-hybridized carbons (Fsp3) is 0.449. The molecule has 3 aliphatic rings. The lowest BCUT2D eigenvalue weighted by atomic mass is 9.84. The molecule has 3 atom stereocenters. The number of rotatable bonds is 10. The van der Waals surface area contributed by atoms with Crippen molar-refractivity contribution in [2.24, 2.45) is 10.8 Å². The van der Waals surface area contributed by atoms with Crippen molar-refractivity contribution in [2.45, 2.75) is 106 Å². The number of hydrogen-bond donors (Lipinski definition) is 1. The number of fused-ring (bicyclic) bond motifs is 10. The number of nitrogens with one attached hydrogen (secondary N) is 1. The average molecular weight is 920 g/mol. The van der Waals surface area contributed by atoms with Crippen LogP contribution in [-0.4, -0.2) is 85.9 Å². The van der Waals surface area contributed by atoms with Crippen molar-refractivity contribution in [3.05, 3.63) is 92.5 Å². The number of aromatic nitrogens is 6. The molecule has 2 aromatic carbocycles. The lowest BCUT2D eigenvalue weighted by Gasteiger charge is -2.38. The zero-order valence-electron chi connectivity index (χ0n) is 38.9. The highest BCUT2D eigenvalue weighted by Crippen LogP contribution is 2.45. The smallest absolute Gasteiger partial charge is 0.220 e. The van der Waals surface area contributed by atoms with E-state index in [-0.39, 0.29) is 80.8 Å². The molecule has 1 fully saturated rings. The number of sulfone groups is 1. The van der Waals surface area contributed by atoms with Gasteiger partial charge in [-0.1, -0.05) is 65.8 Å². The SMILES string of the molecule is CC(=O)c1cn2c(cc1=O)-c1c3cccc(OCCCS(C)(=O)=O)c3nn1CC2C(C)(C)C.CC(=O)c1cn2c(cc1=O)-c1c3cccc(OC[C@@H]4CCC(=O)N4)c3nn1CC2C(C)(C)C. The van der Waals surface area contributed by atoms with Gasteiger partial charge in [-0.25, -0.2) is 8.42 Å². The normalized spacial score (nSPS) is 17.8. The summed E-state index contributed by atoms with van der Waals surface area (Å²) in [5.74, 6) is 0.851. The lowest BCUT2D eigenvalue weighted by Crippen LogP contribution is -2.35. The Morgan fingerprint density at radius 3 is 1.62 bits per heavy atom. The third kappa shape index (κ3) is 8.96. The zero-order chi connectivity index (χ0) is 47.6. The Kier molecular flexibility index (Phi) is 12.0. The van der Waals surface area contributed by atoms with Crippen molar-refractivity contribution in [3.8, 4) is 34.3 Å². The predicted molar refractivity (Wildman–Crippen MR) is 252 cm³/mol. The molecule has 3 aliphatic heterocycles. The summed E-state index contributed by atoms with van der Waals surface area (Å²) >= 11 is 0. The summed E-state index contributed by atoms with van der Waals surface area (Å²) in [5.41, 5.74) is 4.01. The van der Waals surface area contributed by atoms with Crippen molar-refractivity contribution in [2.75, 3.05) is 25.2 Å². The molecule has 2 unspecified atom stereocenters. The number of carbonyl (C=O) groups is 3. The van der Waals surface area contributed by atoms with Gasteiger partial charge >= 0.3 is 0 Å². The summed E-state index contributed by atoms with van der Waals surface area (Å²) in [5, 5.41) is 14.4. The van der Waals surface area contributed by atoms with Crippen molar-refractivity contribution in [1.29, 1.82) is 0 Å². The maximum Gasteiger partial charge on any atom is 0.220 e. The van der Waals surface area contributed by atoms with Gasteiger partial charge in [-0.3, -0.25) is 33.3 Å². The molecule has 7 heterocycles. The number of ketones is 2. The Morgan fingerprint density at radius 1 is 0.742 bits per heavy atom. The molecule has 17 heteroatoms. The van der Waals surface area contributed by atoms with Crippen molar-refractivity contribution < 1.29 is 32.3 Å². The van der Waals surface area contributed by atoms with Crippen LogP contribution in [0.4, 0.5) is 0 Å². The average Bonchev–Trinajstić information content (AvgIpc) is 3.94. The monoisotopic (exact) mass is 919 g/mol. The van der Waals surface area contributed by atoms with Gasteiger partial charge in [0, 0.05) is 48.0 Å². The maximum absolute atomic E-state index is 12.8. The van der Waals surface area contributed by atoms with Crippen LogP contribution >= 0.6 is 0 Å². The zero-order valence-corrected chi connectivity index (χ0v) is 39.7. The molecule has 4 aromatic heterocycles. The summed E-state index contributed by atoms with van der Waals surface area (Å²) in [7, 11) is -3.05. The van der Waals surface area contributed by atoms with Gasteiger partial charge < -0.3 is 23.9 Å². The third-order valence-corrected chi connectivity index (χ3v) is 13.7. The van der Waals surface area contributed by atoms with E-state index in [9.17, 15) is 32.4 Å². The second-order valence-corrected chi connectivity index (χ2v) is 22.1. The van der Waals surface area contributed by atoms with Crippen molar-refractivity contribution >= 4 is 49.1 Å². The van der Waals surface area contributed by atoms with E-state index in [0.717, 1.165) is 39.8 Å². The Bertz CT molecular complexity index is 3180. The number of pyridine rings is 2. The van der Waals surface area contributed by atoms with Crippen LogP contribution in [0.5, 0.6) is 11.5 Å². The molecule has 1 amide bonds. The fourth-order valence-electron chi connectivity index (χ4n) is 9.20. The van der Waals surface area contributed by atoms with Gasteiger partial charge in [0.2, 0.25) is 5.91 Å². The molecule has 0 saturated carbocycles. The van der Waals surface area contributed by atoms with Crippen LogP contribution in [0, 0.1) is 10.8 Å². The first-order valence-electron chi connectivity index (χ1n) is 22.3. The second kappa shape index (κ2) is 17.1. The van der Waals surface area contributed by atoms with E-state index >= 15 is 0 Å². The molecule has 6 aromatic rings. The summed E-state index contributed by atoms with van der Waals surface area (Å²) < 4.78 is 42.7. The highest BCUT2D eigenvalue weighted by molar-refractivity contribution is 7.90. The summed E-state index contributed by atoms with van der Waals surface area (Å²) in [4.78, 5) is 61.2. The molecule has 1 saturated heterocycles. The maximum atomic E-state index is 12.8. The van der Waals surface area contributed by atoms with Crippen LogP contribution in [0.2, 0.25) is 0 Å². The van der Waals surface area contributed by atoms with Crippen molar-refractivity contribution in [1.82, 2.24) is 34.0 Å². The van der Waals surface area contributed by atoms with Crippen LogP contribution in [0.15, 0.2) is 70.5 Å². The highest BCUT2D eigenvalue weighted by Gasteiger charge is 2.37. The highest BCUT2D eigenvalue weighted by atomic mass is 32.2. The first kappa shape index (κ1) is 46.2. The van der Waals surface area contributed by atoms with E-state index in [1.54, 1.807) is 18.5 Å². The Morgan fingerprint density at radius 2 is 1.21 bits per heavy atom. The number of carbonyl (C=O) groups excluding carboxylic acids is 3. The first-order chi connectivity index (χ1) is 31.0. The molecule has 16 nitrogen and oxygen atoms in total. The Balaban J connectivity index is 0.000000179. The second-order valence-electron chi connectivity index (χ2n) is 19.9. The summed E-state index contributed by atoms with van der Waals surface area (Å²) in [6.07, 6.45) is 6.28. The molecule has 348 valence electrons. The molecule has 0 bridgehead atoms. The van der Waals surface area contributed by atoms with E-state index in [2.05, 4.69) is 51.4 Å². The standard InChI is InChI=1S/C25H28N4O4.C24H29N3O5S/c1-14(30)17-11-28-18(10-19(17)31)24-16-6-5-7-20(33-13-15-8-9-22(32)26-15)23(16)27-29(24)12-21(28)25(2,3)4;1-15(28)17-13-26-18(12-19(17)29)23-16-8-6-9-20(32-10-7-11-33(5,30)31)22(16)25-27(23)14-21(26)24(2,3)4/h5-7,10-11,15,21H,8-9,12-13H2,1-4H3,(H,26,32);6,8-9,12-13,21H,7,10-11,14H2,1-5H3/t15-,21?;/m0./s1. The van der Waals surface area contributed by atoms with Crippen LogP contribution in [0.25, 0.3) is 44.6 Å². The van der Waals surface area contributed by atoms with Gasteiger partial charge in [-0.15, -0.1) is 0 Å². The van der Waals surface area contributed by atoms with E-state index < -0.39 is 9.84 Å². The van der Waals surface area contributed by atoms with Crippen LogP contribution in [0.1, 0.15) is 107 Å². The molecule has 0 radical (unpaired) electrons. The Hall–Kier alpha value is -6.36. The predicted octanol–water partition coefficient (Wildman–Crippen LogP) is 6.81. The third-order valence-electron chi connectivity index (χ3n) is 12.7. The largest absolute Gasteiger partial charge is 0.491 e. The number of hydrogen-bond acceptors (Lipinski definition) is 11. The van der Waals surface area contributed by atoms with Gasteiger partial charge in [-0.2, -0.15) is 10.2 Å². The number of benzene rings is 2. The van der Waals surface area contributed by atoms with Gasteiger partial charge in [0.25, 0.3) is 0 Å². The number of Topliss-reactive ketones (excluding diaryl/α,β-unsaturated/α-hetero) is 2. The molecular formula is C49H57N7O9S. The van der Waals surface area contributed by atoms with E-state index in [1.165, 1.54) is 26.2 Å². The molecule has 66 heavy (non-hydrogen) atoms. The fourth-order valence-corrected chi connectivity index (χ4v) is 9.84. The lowest BCUT2D eigenvalue weighted by molar-refractivity contribution is -0.119. The van der Waals surface area contributed by atoms with Crippen LogP contribution in [0.3, 0.4) is 0 Å². The number of amides is 1. The quantitative estimate of drug-likeness (QED) is 0.112. The van der Waals surface area contributed by atoms with Crippen molar-refractivity contribution in [3.63, 3.8) is 0 Å². The molecule has 0 aliphatic carbocycles. The topological polar surface area (TPSA) is 195 Å². The van der Waals surface area contributed by atoms with Gasteiger partial charge in [0.1, 0.15) is 39.0 Å². The first-order valence-corrected chi connectivity index (χ1v) is 24.3. The molecule has 0 spiro atoms. The molecular weight excluding hydrogens is 863 g/mol. The summed E-state index contributed by atoms with van der Waals surface area (Å²) in [6.45, 7) is 17.5.